The number of hydrogen-bond donors (Lipinski definition) is 0. The molecule has 9 nitrogen and oxygen atoms in total. The SMILES string of the molecule is CC(C)(C)OC(=O)n1cc(CC2CN3C=C(OS(=O)(=O)C(F)(F)F)CCC3CN2C(=O)c2cc(C(F)(F)F)cc(C(F)(F)F)c2)c2ccccc21. The van der Waals surface area contributed by atoms with Gasteiger partial charge in [-0.25, -0.2) is 4.79 Å². The number of allylic oxidation sites excluding steroid dienone is 1. The summed E-state index contributed by atoms with van der Waals surface area (Å²) in [5.74, 6) is -1.74. The second-order valence-electron chi connectivity index (χ2n) is 13.1. The molecule has 5 rings (SSSR count). The van der Waals surface area contributed by atoms with Gasteiger partial charge in [0.05, 0.1) is 22.7 Å². The fraction of sp³-hybridized carbons (Fsp3) is 0.438. The maximum Gasteiger partial charge on any atom is 0.534 e. The molecule has 1 aromatic heterocycles. The Balaban J connectivity index is 1.58. The van der Waals surface area contributed by atoms with Crippen molar-refractivity contribution in [1.82, 2.24) is 14.4 Å². The molecule has 0 aliphatic carbocycles. The number of fused-ring (bicyclic) bond motifs is 2. The number of halogens is 9. The van der Waals surface area contributed by atoms with Gasteiger partial charge in [0, 0.05) is 48.9 Å². The second kappa shape index (κ2) is 13.0. The molecule has 0 N–H and O–H groups in total. The molecular weight excluding hydrogens is 725 g/mol. The summed E-state index contributed by atoms with van der Waals surface area (Å²) < 4.78 is 156. The smallest absolute Gasteiger partial charge is 0.443 e. The van der Waals surface area contributed by atoms with Crippen LogP contribution in [0.15, 0.2) is 60.6 Å². The van der Waals surface area contributed by atoms with Crippen LogP contribution in [-0.2, 0) is 37.8 Å². The lowest BCUT2D eigenvalue weighted by molar-refractivity contribution is -0.143. The van der Waals surface area contributed by atoms with Crippen molar-refractivity contribution in [3.8, 4) is 0 Å². The molecule has 19 heteroatoms. The van der Waals surface area contributed by atoms with E-state index in [0.717, 1.165) is 11.1 Å². The minimum absolute atomic E-state index is 0.0793. The number of nitrogens with zero attached hydrogens (tertiary/aromatic N) is 3. The minimum atomic E-state index is -6.02. The van der Waals surface area contributed by atoms with Gasteiger partial charge in [-0.1, -0.05) is 18.2 Å². The van der Waals surface area contributed by atoms with Crippen LogP contribution in [0.2, 0.25) is 0 Å². The van der Waals surface area contributed by atoms with Gasteiger partial charge in [-0.3, -0.25) is 9.36 Å². The third kappa shape index (κ3) is 8.23. The number of amides is 1. The summed E-state index contributed by atoms with van der Waals surface area (Å²) in [6.07, 6.45) is -9.37. The standard InChI is InChI=1S/C32H30F9N3O6S/c1-29(2,3)49-28(46)44-14-19(25-6-4-5-7-26(25)44)12-23-15-42-17-24(50-51(47,48)32(39,40)41)9-8-22(42)16-43(23)27(45)18-10-20(30(33,34)35)13-21(11-18)31(36,37)38/h4-7,10-11,13-14,17,22-23H,8-9,12,15-16H2,1-3H3. The molecule has 0 bridgehead atoms. The number of piperazine rings is 1. The third-order valence-electron chi connectivity index (χ3n) is 8.21. The summed E-state index contributed by atoms with van der Waals surface area (Å²) in [5.41, 5.74) is -10.1. The Labute approximate surface area is 285 Å². The molecule has 2 aliphatic heterocycles. The van der Waals surface area contributed by atoms with Crippen molar-refractivity contribution in [3.05, 3.63) is 82.9 Å². The van der Waals surface area contributed by atoms with Crippen LogP contribution >= 0.6 is 0 Å². The van der Waals surface area contributed by atoms with Crippen LogP contribution in [0, 0.1) is 0 Å². The number of ether oxygens (including phenoxy) is 1. The molecule has 1 amide bonds. The van der Waals surface area contributed by atoms with Crippen molar-refractivity contribution in [3.63, 3.8) is 0 Å². The Morgan fingerprint density at radius 3 is 2.06 bits per heavy atom. The summed E-state index contributed by atoms with van der Waals surface area (Å²) >= 11 is 0. The zero-order valence-corrected chi connectivity index (χ0v) is 27.8. The number of aromatic nitrogens is 1. The van der Waals surface area contributed by atoms with Crippen LogP contribution in [0.25, 0.3) is 10.9 Å². The lowest BCUT2D eigenvalue weighted by atomic mass is 9.94. The number of benzene rings is 2. The summed E-state index contributed by atoms with van der Waals surface area (Å²) in [6.45, 7) is 4.35. The maximum absolute atomic E-state index is 14.0. The Morgan fingerprint density at radius 2 is 1.49 bits per heavy atom. The van der Waals surface area contributed by atoms with Gasteiger partial charge in [-0.2, -0.15) is 47.9 Å². The van der Waals surface area contributed by atoms with Crippen molar-refractivity contribution < 1.29 is 66.4 Å². The highest BCUT2D eigenvalue weighted by molar-refractivity contribution is 7.87. The van der Waals surface area contributed by atoms with Crippen LogP contribution in [0.5, 0.6) is 0 Å². The Bertz CT molecular complexity index is 1950. The first-order valence-electron chi connectivity index (χ1n) is 15.2. The highest BCUT2D eigenvalue weighted by atomic mass is 32.2. The van der Waals surface area contributed by atoms with Gasteiger partial charge < -0.3 is 18.7 Å². The number of rotatable bonds is 5. The first-order valence-corrected chi connectivity index (χ1v) is 16.6. The van der Waals surface area contributed by atoms with Crippen LogP contribution in [0.3, 0.4) is 0 Å². The summed E-state index contributed by atoms with van der Waals surface area (Å²) in [6, 6.07) is 5.21. The molecule has 0 spiro atoms. The molecule has 51 heavy (non-hydrogen) atoms. The zero-order valence-electron chi connectivity index (χ0n) is 27.0. The number of carbonyl (C=O) groups is 2. The number of carbonyl (C=O) groups excluding carboxylic acids is 2. The van der Waals surface area contributed by atoms with E-state index in [0.29, 0.717) is 28.6 Å². The average Bonchev–Trinajstić information content (AvgIpc) is 3.36. The fourth-order valence-electron chi connectivity index (χ4n) is 5.99. The molecule has 2 aromatic carbocycles. The van der Waals surface area contributed by atoms with Crippen molar-refractivity contribution in [2.75, 3.05) is 13.1 Å². The Morgan fingerprint density at radius 1 is 0.882 bits per heavy atom. The van der Waals surface area contributed by atoms with Crippen LogP contribution in [0.1, 0.15) is 60.7 Å². The van der Waals surface area contributed by atoms with E-state index in [1.165, 1.54) is 15.7 Å². The summed E-state index contributed by atoms with van der Waals surface area (Å²) in [4.78, 5) is 29.6. The molecule has 2 atom stereocenters. The molecular formula is C32H30F9N3O6S. The fourth-order valence-corrected chi connectivity index (χ4v) is 6.50. The molecule has 278 valence electrons. The molecule has 2 aliphatic rings. The highest BCUT2D eigenvalue weighted by Crippen LogP contribution is 2.38. The third-order valence-corrected chi connectivity index (χ3v) is 9.21. The number of para-hydroxylation sites is 1. The van der Waals surface area contributed by atoms with E-state index in [9.17, 15) is 57.5 Å². The van der Waals surface area contributed by atoms with Crippen LogP contribution in [-0.4, -0.2) is 71.1 Å². The van der Waals surface area contributed by atoms with E-state index in [1.807, 2.05) is 0 Å². The first kappa shape index (κ1) is 37.8. The Hall–Kier alpha value is -4.42. The van der Waals surface area contributed by atoms with Crippen molar-refractivity contribution in [1.29, 1.82) is 0 Å². The molecule has 2 unspecified atom stereocenters. The molecule has 0 radical (unpaired) electrons. The summed E-state index contributed by atoms with van der Waals surface area (Å²) in [5, 5.41) is 0.491. The van der Waals surface area contributed by atoms with Gasteiger partial charge in [-0.15, -0.1) is 0 Å². The van der Waals surface area contributed by atoms with Crippen LogP contribution in [0.4, 0.5) is 44.3 Å². The largest absolute Gasteiger partial charge is 0.534 e. The van der Waals surface area contributed by atoms with Crippen molar-refractivity contribution in [2.45, 2.75) is 75.6 Å². The Kier molecular flexibility index (Phi) is 9.62. The van der Waals surface area contributed by atoms with E-state index < -0.39 is 80.1 Å². The highest BCUT2D eigenvalue weighted by Gasteiger charge is 2.49. The minimum Gasteiger partial charge on any atom is -0.443 e. The van der Waals surface area contributed by atoms with Gasteiger partial charge in [0.2, 0.25) is 0 Å². The topological polar surface area (TPSA) is 98.2 Å². The molecule has 1 fully saturated rings. The summed E-state index contributed by atoms with van der Waals surface area (Å²) in [7, 11) is -6.02. The van der Waals surface area contributed by atoms with Crippen LogP contribution < -0.4 is 0 Å². The van der Waals surface area contributed by atoms with Gasteiger partial charge in [0.15, 0.2) is 0 Å². The molecule has 3 heterocycles. The quantitative estimate of drug-likeness (QED) is 0.150. The normalized spacial score (nSPS) is 19.1. The van der Waals surface area contributed by atoms with Crippen molar-refractivity contribution >= 4 is 33.0 Å². The van der Waals surface area contributed by atoms with Gasteiger partial charge in [0.1, 0.15) is 11.4 Å². The molecule has 1 saturated heterocycles. The molecule has 0 saturated carbocycles. The number of alkyl halides is 9. The van der Waals surface area contributed by atoms with E-state index >= 15 is 0 Å². The van der Waals surface area contributed by atoms with Gasteiger partial charge in [0.25, 0.3) is 5.91 Å². The second-order valence-corrected chi connectivity index (χ2v) is 14.6. The zero-order chi connectivity index (χ0) is 37.9. The van der Waals surface area contributed by atoms with Gasteiger partial charge in [-0.05, 0) is 63.4 Å². The monoisotopic (exact) mass is 755 g/mol. The number of hydrogen-bond acceptors (Lipinski definition) is 7. The van der Waals surface area contributed by atoms with E-state index in [2.05, 4.69) is 4.18 Å². The lowest BCUT2D eigenvalue weighted by Gasteiger charge is -2.48. The molecule has 3 aromatic rings. The first-order chi connectivity index (χ1) is 23.3. The van der Waals surface area contributed by atoms with E-state index in [1.54, 1.807) is 45.0 Å². The maximum atomic E-state index is 14.0. The van der Waals surface area contributed by atoms with Gasteiger partial charge >= 0.3 is 34.1 Å². The predicted molar refractivity (Wildman–Crippen MR) is 162 cm³/mol. The van der Waals surface area contributed by atoms with Crippen molar-refractivity contribution in [2.24, 2.45) is 0 Å². The average molecular weight is 756 g/mol. The van der Waals surface area contributed by atoms with E-state index in [-0.39, 0.29) is 38.4 Å². The van der Waals surface area contributed by atoms with E-state index in [4.69, 9.17) is 4.74 Å². The lowest BCUT2D eigenvalue weighted by Crippen LogP contribution is -2.59. The predicted octanol–water partition coefficient (Wildman–Crippen LogP) is 7.70.